The molecule has 0 bridgehead atoms. The average Bonchev–Trinajstić information content (AvgIpc) is 2.11. The molecule has 0 radical (unpaired) electrons. The second kappa shape index (κ2) is 4.26. The molecule has 1 aromatic rings. The summed E-state index contributed by atoms with van der Waals surface area (Å²) in [7, 11) is 0. The van der Waals surface area contributed by atoms with Gasteiger partial charge in [-0.05, 0) is 19.0 Å². The van der Waals surface area contributed by atoms with E-state index in [0.29, 0.717) is 12.0 Å². The van der Waals surface area contributed by atoms with Crippen molar-refractivity contribution in [3.63, 3.8) is 0 Å². The zero-order valence-electron chi connectivity index (χ0n) is 7.24. The molecule has 1 rings (SSSR count). The number of nitrogens with zero attached hydrogens (tertiary/aromatic N) is 1. The first-order chi connectivity index (χ1) is 6.56. The van der Waals surface area contributed by atoms with Crippen LogP contribution in [0.15, 0.2) is 12.1 Å². The van der Waals surface area contributed by atoms with Crippen molar-refractivity contribution in [2.45, 2.75) is 6.42 Å². The van der Waals surface area contributed by atoms with Crippen molar-refractivity contribution in [1.82, 2.24) is 0 Å². The normalized spacial score (nSPS) is 10.1. The SMILES string of the molecule is NCCc1cc(O)c(Cl)cc1[N+](=O)[O-]. The molecule has 0 aliphatic heterocycles. The molecule has 0 unspecified atom stereocenters. The number of benzene rings is 1. The fourth-order valence-electron chi connectivity index (χ4n) is 1.12. The molecule has 3 N–H and O–H groups in total. The number of phenols is 1. The van der Waals surface area contributed by atoms with Gasteiger partial charge in [0, 0.05) is 11.6 Å². The molecule has 0 heterocycles. The van der Waals surface area contributed by atoms with Gasteiger partial charge in [-0.15, -0.1) is 0 Å². The van der Waals surface area contributed by atoms with Crippen LogP contribution in [0, 0.1) is 10.1 Å². The summed E-state index contributed by atoms with van der Waals surface area (Å²) >= 11 is 5.54. The quantitative estimate of drug-likeness (QED) is 0.591. The van der Waals surface area contributed by atoms with Crippen LogP contribution in [0.3, 0.4) is 0 Å². The third-order valence-electron chi connectivity index (χ3n) is 1.76. The van der Waals surface area contributed by atoms with Gasteiger partial charge in [0.1, 0.15) is 5.75 Å². The lowest BCUT2D eigenvalue weighted by Gasteiger charge is -2.03. The lowest BCUT2D eigenvalue weighted by atomic mass is 10.1. The van der Waals surface area contributed by atoms with E-state index in [-0.39, 0.29) is 23.0 Å². The van der Waals surface area contributed by atoms with Gasteiger partial charge < -0.3 is 10.8 Å². The van der Waals surface area contributed by atoms with Crippen molar-refractivity contribution in [3.8, 4) is 5.75 Å². The van der Waals surface area contributed by atoms with Crippen molar-refractivity contribution in [1.29, 1.82) is 0 Å². The molecule has 0 aliphatic rings. The van der Waals surface area contributed by atoms with E-state index in [1.54, 1.807) is 0 Å². The first kappa shape index (κ1) is 10.7. The predicted molar refractivity (Wildman–Crippen MR) is 52.5 cm³/mol. The van der Waals surface area contributed by atoms with Crippen LogP contribution in [-0.2, 0) is 6.42 Å². The Morgan fingerprint density at radius 3 is 2.71 bits per heavy atom. The van der Waals surface area contributed by atoms with E-state index in [4.69, 9.17) is 17.3 Å². The third-order valence-corrected chi connectivity index (χ3v) is 2.06. The van der Waals surface area contributed by atoms with Crippen molar-refractivity contribution in [2.75, 3.05) is 6.54 Å². The third kappa shape index (κ3) is 2.12. The zero-order chi connectivity index (χ0) is 10.7. The Morgan fingerprint density at radius 1 is 1.57 bits per heavy atom. The highest BCUT2D eigenvalue weighted by Crippen LogP contribution is 2.31. The van der Waals surface area contributed by atoms with Gasteiger partial charge in [0.25, 0.3) is 5.69 Å². The first-order valence-electron chi connectivity index (χ1n) is 3.92. The van der Waals surface area contributed by atoms with E-state index < -0.39 is 4.92 Å². The summed E-state index contributed by atoms with van der Waals surface area (Å²) in [6.07, 6.45) is 0.334. The highest BCUT2D eigenvalue weighted by molar-refractivity contribution is 6.32. The molecular weight excluding hydrogens is 208 g/mol. The van der Waals surface area contributed by atoms with E-state index in [1.807, 2.05) is 0 Å². The minimum absolute atomic E-state index is 0.0301. The van der Waals surface area contributed by atoms with Gasteiger partial charge >= 0.3 is 0 Å². The molecule has 0 saturated carbocycles. The fraction of sp³-hybridized carbons (Fsp3) is 0.250. The van der Waals surface area contributed by atoms with Gasteiger partial charge in [0.2, 0.25) is 0 Å². The number of aromatic hydroxyl groups is 1. The van der Waals surface area contributed by atoms with Gasteiger partial charge in [-0.25, -0.2) is 0 Å². The van der Waals surface area contributed by atoms with Gasteiger partial charge in [-0.2, -0.15) is 0 Å². The van der Waals surface area contributed by atoms with E-state index in [0.717, 1.165) is 6.07 Å². The van der Waals surface area contributed by atoms with E-state index in [9.17, 15) is 15.2 Å². The van der Waals surface area contributed by atoms with E-state index >= 15 is 0 Å². The number of halogens is 1. The molecule has 14 heavy (non-hydrogen) atoms. The fourth-order valence-corrected chi connectivity index (χ4v) is 1.28. The number of nitro benzene ring substituents is 1. The average molecular weight is 217 g/mol. The van der Waals surface area contributed by atoms with E-state index in [2.05, 4.69) is 0 Å². The van der Waals surface area contributed by atoms with Crippen LogP contribution in [0.1, 0.15) is 5.56 Å². The van der Waals surface area contributed by atoms with Crippen LogP contribution in [-0.4, -0.2) is 16.6 Å². The van der Waals surface area contributed by atoms with Crippen LogP contribution in [0.2, 0.25) is 5.02 Å². The molecule has 0 aliphatic carbocycles. The van der Waals surface area contributed by atoms with Crippen molar-refractivity contribution in [2.24, 2.45) is 5.73 Å². The van der Waals surface area contributed by atoms with Gasteiger partial charge in [0.05, 0.1) is 9.95 Å². The Morgan fingerprint density at radius 2 is 2.21 bits per heavy atom. The Labute approximate surface area is 85.3 Å². The summed E-state index contributed by atoms with van der Waals surface area (Å²) in [4.78, 5) is 10.0. The van der Waals surface area contributed by atoms with Gasteiger partial charge in [0.15, 0.2) is 0 Å². The zero-order valence-corrected chi connectivity index (χ0v) is 7.99. The summed E-state index contributed by atoms with van der Waals surface area (Å²) in [6.45, 7) is 0.280. The molecule has 6 heteroatoms. The van der Waals surface area contributed by atoms with Crippen LogP contribution >= 0.6 is 11.6 Å². The molecule has 0 saturated heterocycles. The monoisotopic (exact) mass is 216 g/mol. The number of rotatable bonds is 3. The maximum atomic E-state index is 10.6. The second-order valence-corrected chi connectivity index (χ2v) is 3.14. The number of hydrogen-bond acceptors (Lipinski definition) is 4. The van der Waals surface area contributed by atoms with Gasteiger partial charge in [-0.1, -0.05) is 11.6 Å². The molecule has 5 nitrogen and oxygen atoms in total. The van der Waals surface area contributed by atoms with Gasteiger partial charge in [-0.3, -0.25) is 10.1 Å². The highest BCUT2D eigenvalue weighted by atomic mass is 35.5. The Balaban J connectivity index is 3.24. The molecule has 0 aromatic heterocycles. The summed E-state index contributed by atoms with van der Waals surface area (Å²) < 4.78 is 0. The van der Waals surface area contributed by atoms with Crippen LogP contribution in [0.25, 0.3) is 0 Å². The maximum absolute atomic E-state index is 10.6. The molecular formula is C8H9ClN2O3. The molecule has 76 valence electrons. The van der Waals surface area contributed by atoms with E-state index in [1.165, 1.54) is 6.07 Å². The predicted octanol–water partition coefficient (Wildman–Crippen LogP) is 1.45. The number of phenolic OH excluding ortho intramolecular Hbond substituents is 1. The van der Waals surface area contributed by atoms with Crippen LogP contribution in [0.5, 0.6) is 5.75 Å². The summed E-state index contributed by atoms with van der Waals surface area (Å²) in [5.74, 6) is -0.166. The van der Waals surface area contributed by atoms with Crippen molar-refractivity contribution < 1.29 is 10.0 Å². The molecule has 1 aromatic carbocycles. The van der Waals surface area contributed by atoms with Crippen LogP contribution < -0.4 is 5.73 Å². The number of hydrogen-bond donors (Lipinski definition) is 2. The molecule has 0 fully saturated rings. The standard InChI is InChI=1S/C8H9ClN2O3/c9-6-4-7(11(13)14)5(1-2-10)3-8(6)12/h3-4,12H,1-2,10H2. The summed E-state index contributed by atoms with van der Waals surface area (Å²) in [5.41, 5.74) is 5.56. The Hall–Kier alpha value is -1.33. The smallest absolute Gasteiger partial charge is 0.274 e. The topological polar surface area (TPSA) is 89.4 Å². The van der Waals surface area contributed by atoms with Crippen LogP contribution in [0.4, 0.5) is 5.69 Å². The number of nitro groups is 1. The lowest BCUT2D eigenvalue weighted by Crippen LogP contribution is -2.05. The van der Waals surface area contributed by atoms with Crippen molar-refractivity contribution in [3.05, 3.63) is 32.8 Å². The minimum Gasteiger partial charge on any atom is -0.506 e. The van der Waals surface area contributed by atoms with Crippen molar-refractivity contribution >= 4 is 17.3 Å². The second-order valence-electron chi connectivity index (χ2n) is 2.73. The lowest BCUT2D eigenvalue weighted by molar-refractivity contribution is -0.385. The highest BCUT2D eigenvalue weighted by Gasteiger charge is 2.16. The molecule has 0 amide bonds. The molecule has 0 atom stereocenters. The summed E-state index contributed by atoms with van der Waals surface area (Å²) in [6, 6.07) is 2.40. The largest absolute Gasteiger partial charge is 0.506 e. The number of nitrogens with two attached hydrogens (primary N) is 1. The maximum Gasteiger partial charge on any atom is 0.274 e. The Bertz CT molecular complexity index is 368. The summed E-state index contributed by atoms with van der Waals surface area (Å²) in [5, 5.41) is 19.8. The first-order valence-corrected chi connectivity index (χ1v) is 4.30. The minimum atomic E-state index is -0.545. The molecule has 0 spiro atoms. The Kier molecular flexibility index (Phi) is 3.27.